The maximum absolute atomic E-state index is 12.0. The first-order valence-electron chi connectivity index (χ1n) is 7.20. The third-order valence-electron chi connectivity index (χ3n) is 3.45. The van der Waals surface area contributed by atoms with E-state index in [4.69, 9.17) is 10.5 Å². The van der Waals surface area contributed by atoms with Crippen molar-refractivity contribution in [3.8, 4) is 5.75 Å². The van der Waals surface area contributed by atoms with E-state index in [0.717, 1.165) is 5.56 Å². The lowest BCUT2D eigenvalue weighted by Crippen LogP contribution is -2.30. The van der Waals surface area contributed by atoms with Gasteiger partial charge in [0, 0.05) is 0 Å². The summed E-state index contributed by atoms with van der Waals surface area (Å²) in [5, 5.41) is 9.26. The Labute approximate surface area is 129 Å². The predicted molar refractivity (Wildman–Crippen MR) is 80.6 cm³/mol. The van der Waals surface area contributed by atoms with Crippen LogP contribution in [0.2, 0.25) is 0 Å². The van der Waals surface area contributed by atoms with Gasteiger partial charge in [0.05, 0.1) is 12.0 Å². The minimum Gasteiger partial charge on any atom is -0.491 e. The van der Waals surface area contributed by atoms with Crippen LogP contribution >= 0.6 is 0 Å². The van der Waals surface area contributed by atoms with E-state index in [1.165, 1.54) is 6.92 Å². The molecule has 0 fully saturated rings. The summed E-state index contributed by atoms with van der Waals surface area (Å²) >= 11 is 0. The van der Waals surface area contributed by atoms with E-state index in [9.17, 15) is 19.1 Å². The molecule has 0 aromatic heterocycles. The van der Waals surface area contributed by atoms with Gasteiger partial charge in [0.2, 0.25) is 0 Å². The molecule has 1 aromatic carbocycles. The number of nitrogens with two attached hydrogens (primary N) is 1. The molecule has 2 atom stereocenters. The summed E-state index contributed by atoms with van der Waals surface area (Å²) in [6.07, 6.45) is 1.05. The van der Waals surface area contributed by atoms with Crippen LogP contribution in [0.4, 0.5) is 4.39 Å². The quantitative estimate of drug-likeness (QED) is 0.689. The van der Waals surface area contributed by atoms with Crippen molar-refractivity contribution in [1.82, 2.24) is 0 Å². The van der Waals surface area contributed by atoms with Crippen LogP contribution in [0.5, 0.6) is 5.75 Å². The van der Waals surface area contributed by atoms with Gasteiger partial charge in [-0.3, -0.25) is 9.59 Å². The molecular formula is C16H22FNO4. The topological polar surface area (TPSA) is 89.6 Å². The Kier molecular flexibility index (Phi) is 7.52. The first-order valence-corrected chi connectivity index (χ1v) is 7.20. The summed E-state index contributed by atoms with van der Waals surface area (Å²) in [7, 11) is 0. The second kappa shape index (κ2) is 9.15. The van der Waals surface area contributed by atoms with Gasteiger partial charge in [-0.05, 0) is 43.9 Å². The molecule has 22 heavy (non-hydrogen) atoms. The fourth-order valence-corrected chi connectivity index (χ4v) is 2.06. The molecule has 6 heteroatoms. The fraction of sp³-hybridized carbons (Fsp3) is 0.500. The number of halogens is 1. The van der Waals surface area contributed by atoms with E-state index >= 15 is 0 Å². The largest absolute Gasteiger partial charge is 0.491 e. The van der Waals surface area contributed by atoms with E-state index in [2.05, 4.69) is 0 Å². The van der Waals surface area contributed by atoms with Crippen molar-refractivity contribution in [3.05, 3.63) is 29.8 Å². The van der Waals surface area contributed by atoms with Crippen LogP contribution in [0.3, 0.4) is 0 Å². The molecule has 122 valence electrons. The lowest BCUT2D eigenvalue weighted by atomic mass is 9.92. The molecule has 0 radical (unpaired) electrons. The molecule has 0 bridgehead atoms. The summed E-state index contributed by atoms with van der Waals surface area (Å²) < 4.78 is 17.1. The summed E-state index contributed by atoms with van der Waals surface area (Å²) in [5.41, 5.74) is 6.48. The van der Waals surface area contributed by atoms with Crippen LogP contribution in [0.25, 0.3) is 0 Å². The smallest absolute Gasteiger partial charge is 0.306 e. The zero-order valence-corrected chi connectivity index (χ0v) is 12.6. The average Bonchev–Trinajstić information content (AvgIpc) is 2.49. The number of rotatable bonds is 10. The molecule has 0 amide bonds. The second-order valence-electron chi connectivity index (χ2n) is 5.22. The van der Waals surface area contributed by atoms with Gasteiger partial charge in [0.25, 0.3) is 0 Å². The number of aliphatic carboxylic acids is 1. The molecule has 5 nitrogen and oxygen atoms in total. The highest BCUT2D eigenvalue weighted by atomic mass is 19.1. The monoisotopic (exact) mass is 311 g/mol. The van der Waals surface area contributed by atoms with Gasteiger partial charge < -0.3 is 15.6 Å². The minimum atomic E-state index is -0.909. The van der Waals surface area contributed by atoms with Crippen LogP contribution in [0, 0.1) is 5.92 Å². The highest BCUT2D eigenvalue weighted by Crippen LogP contribution is 2.19. The molecule has 1 unspecified atom stereocenters. The zero-order chi connectivity index (χ0) is 16.5. The SMILES string of the molecule is CC(=O)[C@H](N)CCC(Cc1ccc(OCCF)cc1)C(=O)O. The highest BCUT2D eigenvalue weighted by Gasteiger charge is 2.20. The Morgan fingerprint density at radius 2 is 1.91 bits per heavy atom. The molecular weight excluding hydrogens is 289 g/mol. The third-order valence-corrected chi connectivity index (χ3v) is 3.45. The van der Waals surface area contributed by atoms with Crippen molar-refractivity contribution >= 4 is 11.8 Å². The summed E-state index contributed by atoms with van der Waals surface area (Å²) in [5.74, 6) is -1.10. The van der Waals surface area contributed by atoms with E-state index in [1.54, 1.807) is 24.3 Å². The number of carbonyl (C=O) groups excluding carboxylic acids is 1. The van der Waals surface area contributed by atoms with Crippen molar-refractivity contribution < 1.29 is 23.8 Å². The van der Waals surface area contributed by atoms with Crippen LogP contribution < -0.4 is 10.5 Å². The Bertz CT molecular complexity index is 489. The van der Waals surface area contributed by atoms with Gasteiger partial charge in [-0.25, -0.2) is 4.39 Å². The van der Waals surface area contributed by atoms with Crippen molar-refractivity contribution in [3.63, 3.8) is 0 Å². The standard InChI is InChI=1S/C16H22FNO4/c1-11(19)15(18)7-4-13(16(20)21)10-12-2-5-14(6-3-12)22-9-8-17/h2-3,5-6,13,15H,4,7-10,18H2,1H3,(H,20,21)/t13?,15-/m1/s1. The van der Waals surface area contributed by atoms with Gasteiger partial charge in [-0.2, -0.15) is 0 Å². The molecule has 1 rings (SSSR count). The Balaban J connectivity index is 2.59. The number of ether oxygens (including phenoxy) is 1. The van der Waals surface area contributed by atoms with Crippen LogP contribution in [-0.2, 0) is 16.0 Å². The van der Waals surface area contributed by atoms with Crippen molar-refractivity contribution in [1.29, 1.82) is 0 Å². The van der Waals surface area contributed by atoms with Crippen LogP contribution in [0.15, 0.2) is 24.3 Å². The van der Waals surface area contributed by atoms with Gasteiger partial charge >= 0.3 is 5.97 Å². The molecule has 1 aromatic rings. The van der Waals surface area contributed by atoms with Gasteiger partial charge in [0.1, 0.15) is 24.8 Å². The number of carboxylic acid groups (broad SMARTS) is 1. The number of benzene rings is 1. The van der Waals surface area contributed by atoms with Crippen molar-refractivity contribution in [2.24, 2.45) is 11.7 Å². The zero-order valence-electron chi connectivity index (χ0n) is 12.6. The summed E-state index contributed by atoms with van der Waals surface area (Å²) in [4.78, 5) is 22.4. The van der Waals surface area contributed by atoms with E-state index < -0.39 is 24.6 Å². The van der Waals surface area contributed by atoms with Crippen LogP contribution in [0.1, 0.15) is 25.3 Å². The van der Waals surface area contributed by atoms with E-state index in [1.807, 2.05) is 0 Å². The third kappa shape index (κ3) is 6.22. The number of ketones is 1. The van der Waals surface area contributed by atoms with E-state index in [0.29, 0.717) is 25.0 Å². The first-order chi connectivity index (χ1) is 10.4. The molecule has 0 aliphatic carbocycles. The maximum Gasteiger partial charge on any atom is 0.306 e. The predicted octanol–water partition coefficient (Wildman–Crippen LogP) is 1.97. The molecule has 3 N–H and O–H groups in total. The fourth-order valence-electron chi connectivity index (χ4n) is 2.06. The lowest BCUT2D eigenvalue weighted by molar-refractivity contribution is -0.142. The number of hydrogen-bond acceptors (Lipinski definition) is 4. The Morgan fingerprint density at radius 1 is 1.27 bits per heavy atom. The number of hydrogen-bond donors (Lipinski definition) is 2. The number of alkyl halides is 1. The van der Waals surface area contributed by atoms with Crippen molar-refractivity contribution in [2.45, 2.75) is 32.2 Å². The Hall–Kier alpha value is -1.95. The maximum atomic E-state index is 12.0. The minimum absolute atomic E-state index is 0.0000321. The Morgan fingerprint density at radius 3 is 2.41 bits per heavy atom. The lowest BCUT2D eigenvalue weighted by Gasteiger charge is -2.15. The average molecular weight is 311 g/mol. The molecule has 0 spiro atoms. The normalized spacial score (nSPS) is 13.4. The molecule has 0 aliphatic rings. The number of Topliss-reactive ketones (excluding diaryl/α,β-unsaturated/α-hetero) is 1. The molecule has 0 saturated heterocycles. The number of carbonyl (C=O) groups is 2. The van der Waals surface area contributed by atoms with Gasteiger partial charge in [0.15, 0.2) is 0 Å². The molecule has 0 aliphatic heterocycles. The van der Waals surface area contributed by atoms with Crippen molar-refractivity contribution in [2.75, 3.05) is 13.3 Å². The van der Waals surface area contributed by atoms with Crippen LogP contribution in [-0.4, -0.2) is 36.2 Å². The highest BCUT2D eigenvalue weighted by molar-refractivity contribution is 5.81. The molecule has 0 heterocycles. The number of carboxylic acids is 1. The summed E-state index contributed by atoms with van der Waals surface area (Å²) in [6.45, 7) is 0.843. The second-order valence-corrected chi connectivity index (χ2v) is 5.22. The van der Waals surface area contributed by atoms with Gasteiger partial charge in [-0.15, -0.1) is 0 Å². The first kappa shape index (κ1) is 18.1. The summed E-state index contributed by atoms with van der Waals surface area (Å²) in [6, 6.07) is 6.28. The van der Waals surface area contributed by atoms with E-state index in [-0.39, 0.29) is 12.4 Å². The van der Waals surface area contributed by atoms with Gasteiger partial charge in [-0.1, -0.05) is 12.1 Å². The molecule has 0 saturated carbocycles.